The molecule has 2 heterocycles. The highest BCUT2D eigenvalue weighted by Crippen LogP contribution is 2.30. The number of anilines is 4. The van der Waals surface area contributed by atoms with Crippen LogP contribution in [0, 0.1) is 12.8 Å². The van der Waals surface area contributed by atoms with E-state index in [0.29, 0.717) is 36.2 Å². The van der Waals surface area contributed by atoms with E-state index in [9.17, 15) is 9.59 Å². The van der Waals surface area contributed by atoms with Crippen molar-refractivity contribution in [2.24, 2.45) is 5.92 Å². The molecule has 9 nitrogen and oxygen atoms in total. The van der Waals surface area contributed by atoms with Crippen LogP contribution in [0.25, 0.3) is 0 Å². The molecular weight excluding hydrogens is 456 g/mol. The lowest BCUT2D eigenvalue weighted by molar-refractivity contribution is -0.125. The molecular formula is C27H32N6O3. The first kappa shape index (κ1) is 25.0. The maximum atomic E-state index is 12.9. The molecule has 1 aliphatic heterocycles. The third-order valence-electron chi connectivity index (χ3n) is 6.11. The molecule has 0 saturated carbocycles. The van der Waals surface area contributed by atoms with E-state index < -0.39 is 0 Å². The van der Waals surface area contributed by atoms with Gasteiger partial charge in [0.2, 0.25) is 17.8 Å². The number of nitrogens with one attached hydrogen (secondary N) is 3. The Morgan fingerprint density at radius 1 is 1.14 bits per heavy atom. The average Bonchev–Trinajstić information content (AvgIpc) is 2.88. The van der Waals surface area contributed by atoms with Gasteiger partial charge in [0.1, 0.15) is 11.6 Å². The van der Waals surface area contributed by atoms with Gasteiger partial charge in [0, 0.05) is 38.4 Å². The lowest BCUT2D eigenvalue weighted by Crippen LogP contribution is -2.43. The van der Waals surface area contributed by atoms with Crippen molar-refractivity contribution >= 4 is 35.0 Å². The monoisotopic (exact) mass is 488 g/mol. The van der Waals surface area contributed by atoms with Gasteiger partial charge in [-0.15, -0.1) is 0 Å². The molecule has 1 atom stereocenters. The summed E-state index contributed by atoms with van der Waals surface area (Å²) in [5.41, 5.74) is 3.56. The minimum Gasteiger partial charge on any atom is -0.495 e. The summed E-state index contributed by atoms with van der Waals surface area (Å²) < 4.78 is 5.44. The third kappa shape index (κ3) is 6.50. The molecule has 0 radical (unpaired) electrons. The van der Waals surface area contributed by atoms with Gasteiger partial charge in [-0.25, -0.2) is 4.98 Å². The van der Waals surface area contributed by atoms with Crippen molar-refractivity contribution in [1.82, 2.24) is 15.3 Å². The van der Waals surface area contributed by atoms with Crippen LogP contribution in [0.1, 0.15) is 30.9 Å². The zero-order valence-corrected chi connectivity index (χ0v) is 20.9. The summed E-state index contributed by atoms with van der Waals surface area (Å²) in [6.07, 6.45) is 3.44. The summed E-state index contributed by atoms with van der Waals surface area (Å²) in [5, 5.41) is 9.03. The maximum absolute atomic E-state index is 12.9. The molecule has 0 aliphatic carbocycles. The predicted octanol–water partition coefficient (Wildman–Crippen LogP) is 4.03. The number of methoxy groups -OCH3 is 1. The number of carbonyl (C=O) groups excluding carboxylic acids is 2. The number of rotatable bonds is 8. The van der Waals surface area contributed by atoms with Crippen LogP contribution in [0.2, 0.25) is 0 Å². The molecule has 188 valence electrons. The molecule has 4 rings (SSSR count). The van der Waals surface area contributed by atoms with E-state index in [1.165, 1.54) is 12.5 Å². The van der Waals surface area contributed by atoms with Gasteiger partial charge >= 0.3 is 0 Å². The SMILES string of the molecule is COc1ccc(NC(C)=O)cc1Nc1nccc(N2CCCC(C(=O)NCc3ccc(C)cc3)C2)n1. The van der Waals surface area contributed by atoms with Gasteiger partial charge < -0.3 is 25.6 Å². The van der Waals surface area contributed by atoms with Gasteiger partial charge in [0.05, 0.1) is 18.7 Å². The van der Waals surface area contributed by atoms with E-state index in [2.05, 4.69) is 43.0 Å². The normalized spacial score (nSPS) is 15.2. The van der Waals surface area contributed by atoms with Crippen LogP contribution < -0.4 is 25.6 Å². The fourth-order valence-corrected chi connectivity index (χ4v) is 4.23. The van der Waals surface area contributed by atoms with Gasteiger partial charge in [-0.05, 0) is 49.6 Å². The highest BCUT2D eigenvalue weighted by molar-refractivity contribution is 5.89. The van der Waals surface area contributed by atoms with Crippen LogP contribution in [0.15, 0.2) is 54.7 Å². The molecule has 9 heteroatoms. The molecule has 3 aromatic rings. The second-order valence-electron chi connectivity index (χ2n) is 8.95. The topological polar surface area (TPSA) is 108 Å². The predicted molar refractivity (Wildman–Crippen MR) is 141 cm³/mol. The van der Waals surface area contributed by atoms with Crippen molar-refractivity contribution in [2.45, 2.75) is 33.2 Å². The minimum absolute atomic E-state index is 0.0622. The molecule has 1 unspecified atom stereocenters. The molecule has 2 aromatic carbocycles. The van der Waals surface area contributed by atoms with Crippen molar-refractivity contribution in [1.29, 1.82) is 0 Å². The van der Waals surface area contributed by atoms with Gasteiger partial charge in [-0.2, -0.15) is 4.98 Å². The summed E-state index contributed by atoms with van der Waals surface area (Å²) in [6, 6.07) is 15.3. The van der Waals surface area contributed by atoms with Gasteiger partial charge in [-0.3, -0.25) is 9.59 Å². The smallest absolute Gasteiger partial charge is 0.229 e. The van der Waals surface area contributed by atoms with Crippen molar-refractivity contribution in [2.75, 3.05) is 35.7 Å². The van der Waals surface area contributed by atoms with E-state index in [1.54, 1.807) is 31.5 Å². The zero-order chi connectivity index (χ0) is 25.5. The van der Waals surface area contributed by atoms with Crippen LogP contribution in [0.4, 0.5) is 23.1 Å². The largest absolute Gasteiger partial charge is 0.495 e. The van der Waals surface area contributed by atoms with Crippen LogP contribution in [0.3, 0.4) is 0 Å². The van der Waals surface area contributed by atoms with Gasteiger partial charge in [-0.1, -0.05) is 29.8 Å². The number of amides is 2. The molecule has 1 aliphatic rings. The Labute approximate surface area is 211 Å². The van der Waals surface area contributed by atoms with Gasteiger partial charge in [0.15, 0.2) is 0 Å². The Hall–Kier alpha value is -4.14. The Bertz CT molecular complexity index is 1210. The molecule has 1 fully saturated rings. The Kier molecular flexibility index (Phi) is 7.99. The first-order chi connectivity index (χ1) is 17.4. The molecule has 1 aromatic heterocycles. The highest BCUT2D eigenvalue weighted by Gasteiger charge is 2.26. The number of ether oxygens (including phenoxy) is 1. The molecule has 36 heavy (non-hydrogen) atoms. The van der Waals surface area contributed by atoms with Crippen LogP contribution in [-0.4, -0.2) is 42.0 Å². The van der Waals surface area contributed by atoms with Crippen LogP contribution >= 0.6 is 0 Å². The number of benzene rings is 2. The molecule has 1 saturated heterocycles. The van der Waals surface area contributed by atoms with Crippen molar-refractivity contribution < 1.29 is 14.3 Å². The van der Waals surface area contributed by atoms with Crippen molar-refractivity contribution in [3.05, 3.63) is 65.9 Å². The van der Waals surface area contributed by atoms with Crippen LogP contribution in [0.5, 0.6) is 5.75 Å². The van der Waals surface area contributed by atoms with E-state index in [-0.39, 0.29) is 17.7 Å². The number of piperidine rings is 1. The minimum atomic E-state index is -0.160. The number of hydrogen-bond donors (Lipinski definition) is 3. The number of nitrogens with zero attached hydrogens (tertiary/aromatic N) is 3. The molecule has 2 amide bonds. The van der Waals surface area contributed by atoms with Crippen molar-refractivity contribution in [3.8, 4) is 5.75 Å². The third-order valence-corrected chi connectivity index (χ3v) is 6.11. The lowest BCUT2D eigenvalue weighted by Gasteiger charge is -2.33. The summed E-state index contributed by atoms with van der Waals surface area (Å²) >= 11 is 0. The fraction of sp³-hybridized carbons (Fsp3) is 0.333. The Morgan fingerprint density at radius 2 is 1.94 bits per heavy atom. The Morgan fingerprint density at radius 3 is 2.69 bits per heavy atom. The first-order valence-corrected chi connectivity index (χ1v) is 12.0. The standard InChI is InChI=1S/C27H32N6O3/c1-18-6-8-20(9-7-18)16-29-26(35)21-5-4-14-33(17-21)25-12-13-28-27(32-25)31-23-15-22(30-19(2)34)10-11-24(23)36-3/h6-13,15,21H,4-5,14,16-17H2,1-3H3,(H,29,35)(H,30,34)(H,28,31,32). The summed E-state index contributed by atoms with van der Waals surface area (Å²) in [5.74, 6) is 1.54. The molecule has 3 N–H and O–H groups in total. The highest BCUT2D eigenvalue weighted by atomic mass is 16.5. The van der Waals surface area contributed by atoms with E-state index in [0.717, 1.165) is 30.8 Å². The fourth-order valence-electron chi connectivity index (χ4n) is 4.23. The lowest BCUT2D eigenvalue weighted by atomic mass is 9.97. The summed E-state index contributed by atoms with van der Waals surface area (Å²) in [6.45, 7) is 5.44. The Balaban J connectivity index is 1.42. The average molecular weight is 489 g/mol. The number of aryl methyl sites for hydroxylation is 1. The molecule has 0 spiro atoms. The van der Waals surface area contributed by atoms with E-state index in [4.69, 9.17) is 4.74 Å². The number of carbonyl (C=O) groups is 2. The second kappa shape index (κ2) is 11.5. The number of aromatic nitrogens is 2. The second-order valence-corrected chi connectivity index (χ2v) is 8.95. The van der Waals surface area contributed by atoms with Crippen molar-refractivity contribution in [3.63, 3.8) is 0 Å². The quantitative estimate of drug-likeness (QED) is 0.439. The van der Waals surface area contributed by atoms with E-state index >= 15 is 0 Å². The maximum Gasteiger partial charge on any atom is 0.229 e. The summed E-state index contributed by atoms with van der Waals surface area (Å²) in [7, 11) is 1.58. The first-order valence-electron chi connectivity index (χ1n) is 12.0. The van der Waals surface area contributed by atoms with Gasteiger partial charge in [0.25, 0.3) is 0 Å². The number of hydrogen-bond acceptors (Lipinski definition) is 7. The zero-order valence-electron chi connectivity index (χ0n) is 20.9. The van der Waals surface area contributed by atoms with Crippen LogP contribution in [-0.2, 0) is 16.1 Å². The molecule has 0 bridgehead atoms. The summed E-state index contributed by atoms with van der Waals surface area (Å²) in [4.78, 5) is 35.5. The van der Waals surface area contributed by atoms with E-state index in [1.807, 2.05) is 25.1 Å².